The van der Waals surface area contributed by atoms with Crippen LogP contribution in [0.5, 0.6) is 0 Å². The minimum absolute atomic E-state index is 0.101. The first kappa shape index (κ1) is 12.6. The first-order valence-corrected chi connectivity index (χ1v) is 6.21. The van der Waals surface area contributed by atoms with Gasteiger partial charge in [0.05, 0.1) is 4.92 Å². The SMILES string of the molecule is Nc1cccc(Nc2ccc(I)cc2)c1[N+](=O)[O-]. The number of hydrogen-bond acceptors (Lipinski definition) is 4. The van der Waals surface area contributed by atoms with Gasteiger partial charge in [0.2, 0.25) is 0 Å². The van der Waals surface area contributed by atoms with Crippen LogP contribution in [-0.4, -0.2) is 4.92 Å². The number of nitrogens with one attached hydrogen (secondary N) is 1. The summed E-state index contributed by atoms with van der Waals surface area (Å²) in [5.41, 5.74) is 6.84. The highest BCUT2D eigenvalue weighted by Gasteiger charge is 2.17. The smallest absolute Gasteiger partial charge is 0.315 e. The number of nitrogen functional groups attached to an aromatic ring is 1. The zero-order valence-corrected chi connectivity index (χ0v) is 11.4. The van der Waals surface area contributed by atoms with Gasteiger partial charge in [0.25, 0.3) is 0 Å². The molecule has 0 amide bonds. The van der Waals surface area contributed by atoms with E-state index in [4.69, 9.17) is 5.73 Å². The maximum absolute atomic E-state index is 11.0. The molecule has 92 valence electrons. The molecule has 0 unspecified atom stereocenters. The van der Waals surface area contributed by atoms with Gasteiger partial charge >= 0.3 is 5.69 Å². The van der Waals surface area contributed by atoms with E-state index in [2.05, 4.69) is 27.9 Å². The van der Waals surface area contributed by atoms with Crippen molar-refractivity contribution in [2.24, 2.45) is 0 Å². The zero-order chi connectivity index (χ0) is 13.1. The average Bonchev–Trinajstić information content (AvgIpc) is 2.32. The van der Waals surface area contributed by atoms with Crippen molar-refractivity contribution in [3.05, 3.63) is 56.1 Å². The van der Waals surface area contributed by atoms with Crippen molar-refractivity contribution in [2.45, 2.75) is 0 Å². The molecule has 2 aromatic rings. The summed E-state index contributed by atoms with van der Waals surface area (Å²) in [5, 5.41) is 14.0. The van der Waals surface area contributed by atoms with Crippen molar-refractivity contribution in [2.75, 3.05) is 11.1 Å². The Labute approximate surface area is 117 Å². The highest BCUT2D eigenvalue weighted by Crippen LogP contribution is 2.32. The standard InChI is InChI=1S/C12H10IN3O2/c13-8-4-6-9(7-5-8)15-11-3-1-2-10(14)12(11)16(17)18/h1-7,15H,14H2. The van der Waals surface area contributed by atoms with Crippen LogP contribution >= 0.6 is 22.6 Å². The third-order valence-electron chi connectivity index (χ3n) is 2.37. The lowest BCUT2D eigenvalue weighted by molar-refractivity contribution is -0.383. The lowest BCUT2D eigenvalue weighted by atomic mass is 10.2. The van der Waals surface area contributed by atoms with E-state index in [1.807, 2.05) is 24.3 Å². The van der Waals surface area contributed by atoms with Gasteiger partial charge in [-0.15, -0.1) is 0 Å². The molecule has 18 heavy (non-hydrogen) atoms. The van der Waals surface area contributed by atoms with Crippen LogP contribution in [0.1, 0.15) is 0 Å². The lowest BCUT2D eigenvalue weighted by Crippen LogP contribution is -2.00. The Kier molecular flexibility index (Phi) is 3.66. The molecule has 6 heteroatoms. The summed E-state index contributed by atoms with van der Waals surface area (Å²) >= 11 is 2.19. The van der Waals surface area contributed by atoms with Crippen LogP contribution in [0.15, 0.2) is 42.5 Å². The Balaban J connectivity index is 2.37. The van der Waals surface area contributed by atoms with Crippen LogP contribution in [0, 0.1) is 13.7 Å². The van der Waals surface area contributed by atoms with E-state index in [0.717, 1.165) is 9.26 Å². The molecule has 0 aliphatic rings. The van der Waals surface area contributed by atoms with Crippen molar-refractivity contribution in [3.63, 3.8) is 0 Å². The molecule has 5 nitrogen and oxygen atoms in total. The van der Waals surface area contributed by atoms with Crippen LogP contribution in [0.3, 0.4) is 0 Å². The molecule has 0 bridgehead atoms. The molecular formula is C12H10IN3O2. The van der Waals surface area contributed by atoms with Crippen LogP contribution in [0.2, 0.25) is 0 Å². The quantitative estimate of drug-likeness (QED) is 0.382. The third-order valence-corrected chi connectivity index (χ3v) is 3.09. The second-order valence-electron chi connectivity index (χ2n) is 3.63. The van der Waals surface area contributed by atoms with E-state index >= 15 is 0 Å². The van der Waals surface area contributed by atoms with Crippen molar-refractivity contribution < 1.29 is 4.92 Å². The highest BCUT2D eigenvalue weighted by molar-refractivity contribution is 14.1. The second kappa shape index (κ2) is 5.21. The molecule has 0 saturated heterocycles. The van der Waals surface area contributed by atoms with Gasteiger partial charge in [-0.2, -0.15) is 0 Å². The monoisotopic (exact) mass is 355 g/mol. The van der Waals surface area contributed by atoms with E-state index in [0.29, 0.717) is 5.69 Å². The largest absolute Gasteiger partial charge is 0.393 e. The number of para-hydroxylation sites is 1. The van der Waals surface area contributed by atoms with E-state index in [1.165, 1.54) is 6.07 Å². The van der Waals surface area contributed by atoms with Crippen LogP contribution in [0.25, 0.3) is 0 Å². The van der Waals surface area contributed by atoms with Gasteiger partial charge < -0.3 is 11.1 Å². The third kappa shape index (κ3) is 2.70. The van der Waals surface area contributed by atoms with Gasteiger partial charge in [0.1, 0.15) is 11.4 Å². The minimum atomic E-state index is -0.482. The van der Waals surface area contributed by atoms with Gasteiger partial charge in [-0.1, -0.05) is 6.07 Å². The number of nitro groups is 1. The maximum Gasteiger partial charge on any atom is 0.315 e. The normalized spacial score (nSPS) is 10.1. The molecule has 0 radical (unpaired) electrons. The summed E-state index contributed by atoms with van der Waals surface area (Å²) in [6.07, 6.45) is 0. The molecular weight excluding hydrogens is 345 g/mol. The van der Waals surface area contributed by atoms with Gasteiger partial charge in [-0.3, -0.25) is 10.1 Å². The summed E-state index contributed by atoms with van der Waals surface area (Å²) in [6, 6.07) is 12.4. The summed E-state index contributed by atoms with van der Waals surface area (Å²) < 4.78 is 1.10. The van der Waals surface area contributed by atoms with E-state index in [-0.39, 0.29) is 11.4 Å². The van der Waals surface area contributed by atoms with Crippen molar-refractivity contribution in [1.82, 2.24) is 0 Å². The number of nitrogens with two attached hydrogens (primary N) is 1. The predicted octanol–water partition coefficient (Wildman–Crippen LogP) is 3.53. The first-order chi connectivity index (χ1) is 8.58. The molecule has 0 atom stereocenters. The van der Waals surface area contributed by atoms with Crippen molar-refractivity contribution in [1.29, 1.82) is 0 Å². The van der Waals surface area contributed by atoms with Gasteiger partial charge in [-0.25, -0.2) is 0 Å². The first-order valence-electron chi connectivity index (χ1n) is 5.13. The van der Waals surface area contributed by atoms with Crippen molar-refractivity contribution >= 4 is 45.3 Å². The predicted molar refractivity (Wildman–Crippen MR) is 80.0 cm³/mol. The fourth-order valence-electron chi connectivity index (χ4n) is 1.55. The fraction of sp³-hybridized carbons (Fsp3) is 0. The Morgan fingerprint density at radius 3 is 2.44 bits per heavy atom. The van der Waals surface area contributed by atoms with E-state index in [9.17, 15) is 10.1 Å². The summed E-state index contributed by atoms with van der Waals surface area (Å²) in [4.78, 5) is 10.5. The number of nitro benzene ring substituents is 1. The topological polar surface area (TPSA) is 81.2 Å². The molecule has 0 aromatic heterocycles. The Hall–Kier alpha value is -1.83. The molecule has 2 aromatic carbocycles. The molecule has 0 heterocycles. The Morgan fingerprint density at radius 1 is 1.17 bits per heavy atom. The maximum atomic E-state index is 11.0. The van der Waals surface area contributed by atoms with E-state index < -0.39 is 4.92 Å². The van der Waals surface area contributed by atoms with E-state index in [1.54, 1.807) is 12.1 Å². The molecule has 0 spiro atoms. The fourth-order valence-corrected chi connectivity index (χ4v) is 1.91. The van der Waals surface area contributed by atoms with Crippen LogP contribution < -0.4 is 11.1 Å². The number of anilines is 3. The zero-order valence-electron chi connectivity index (χ0n) is 9.26. The summed E-state index contributed by atoms with van der Waals surface area (Å²) in [5.74, 6) is 0. The number of rotatable bonds is 3. The molecule has 0 saturated carbocycles. The van der Waals surface area contributed by atoms with Crippen LogP contribution in [0.4, 0.5) is 22.7 Å². The Bertz CT molecular complexity index is 584. The highest BCUT2D eigenvalue weighted by atomic mass is 127. The molecule has 0 aliphatic carbocycles. The molecule has 3 N–H and O–H groups in total. The van der Waals surface area contributed by atoms with Gasteiger partial charge in [0.15, 0.2) is 0 Å². The minimum Gasteiger partial charge on any atom is -0.393 e. The number of benzene rings is 2. The summed E-state index contributed by atoms with van der Waals surface area (Å²) in [6.45, 7) is 0. The number of nitrogens with zero attached hydrogens (tertiary/aromatic N) is 1. The molecule has 0 aliphatic heterocycles. The van der Waals surface area contributed by atoms with Gasteiger partial charge in [-0.05, 0) is 59.0 Å². The average molecular weight is 355 g/mol. The number of hydrogen-bond donors (Lipinski definition) is 2. The second-order valence-corrected chi connectivity index (χ2v) is 4.88. The molecule has 2 rings (SSSR count). The molecule has 0 fully saturated rings. The van der Waals surface area contributed by atoms with Crippen LogP contribution in [-0.2, 0) is 0 Å². The lowest BCUT2D eigenvalue weighted by Gasteiger charge is -2.08. The number of halogens is 1. The Morgan fingerprint density at radius 2 is 1.83 bits per heavy atom. The summed E-state index contributed by atoms with van der Waals surface area (Å²) in [7, 11) is 0. The van der Waals surface area contributed by atoms with Gasteiger partial charge in [0, 0.05) is 9.26 Å². The van der Waals surface area contributed by atoms with Crippen molar-refractivity contribution in [3.8, 4) is 0 Å².